The number of halogens is 3. The topological polar surface area (TPSA) is 73.2 Å². The fraction of sp³-hybridized carbons (Fsp3) is 0.421. The number of alkyl halides is 2. The minimum atomic E-state index is -1.72. The number of anilines is 1. The average molecular weight is 395 g/mol. The summed E-state index contributed by atoms with van der Waals surface area (Å²) in [5, 5.41) is 2.21. The first kappa shape index (κ1) is 20.1. The Morgan fingerprint density at radius 3 is 2.61 bits per heavy atom. The quantitative estimate of drug-likeness (QED) is 0.844. The third-order valence-electron chi connectivity index (χ3n) is 5.21. The van der Waals surface area contributed by atoms with E-state index in [2.05, 4.69) is 10.3 Å². The third-order valence-corrected chi connectivity index (χ3v) is 5.21. The van der Waals surface area contributed by atoms with E-state index in [1.54, 1.807) is 25.1 Å². The number of hydrogen-bond acceptors (Lipinski definition) is 4. The van der Waals surface area contributed by atoms with Crippen molar-refractivity contribution >= 4 is 11.7 Å². The van der Waals surface area contributed by atoms with Gasteiger partial charge in [0.2, 0.25) is 0 Å². The van der Waals surface area contributed by atoms with Gasteiger partial charge in [0.05, 0.1) is 6.20 Å². The van der Waals surface area contributed by atoms with Gasteiger partial charge < -0.3 is 10.1 Å². The largest absolute Gasteiger partial charge is 0.351 e. The molecule has 0 radical (unpaired) electrons. The molecule has 3 rings (SSSR count). The summed E-state index contributed by atoms with van der Waals surface area (Å²) >= 11 is 0. The number of carbonyl (C=O) groups is 1. The Morgan fingerprint density at radius 2 is 2.04 bits per heavy atom. The minimum absolute atomic E-state index is 0.192. The van der Waals surface area contributed by atoms with E-state index < -0.39 is 53.8 Å². The lowest BCUT2D eigenvalue weighted by molar-refractivity contribution is -0.102. The SMILES string of the molecule is CC[C@@]1(CF)O[C@@H](n2cc(F)c(NC(=O)c3ccccc3)nc2=O)[C@H](F)[C@@H]1C. The van der Waals surface area contributed by atoms with Crippen LogP contribution < -0.4 is 11.0 Å². The van der Waals surface area contributed by atoms with Crippen LogP contribution in [0.2, 0.25) is 0 Å². The van der Waals surface area contributed by atoms with Gasteiger partial charge in [-0.15, -0.1) is 0 Å². The Hall–Kier alpha value is -2.68. The third kappa shape index (κ3) is 3.42. The van der Waals surface area contributed by atoms with Gasteiger partial charge >= 0.3 is 5.69 Å². The molecule has 1 amide bonds. The summed E-state index contributed by atoms with van der Waals surface area (Å²) in [4.78, 5) is 28.0. The highest BCUT2D eigenvalue weighted by Gasteiger charge is 2.53. The first-order valence-electron chi connectivity index (χ1n) is 8.86. The monoisotopic (exact) mass is 395 g/mol. The zero-order valence-corrected chi connectivity index (χ0v) is 15.4. The Bertz CT molecular complexity index is 916. The summed E-state index contributed by atoms with van der Waals surface area (Å²) in [6, 6.07) is 7.98. The standard InChI is InChI=1S/C19H20F3N3O3/c1-3-19(10-20)11(2)14(22)17(28-19)25-9-13(21)15(24-18(25)27)23-16(26)12-7-5-4-6-8-12/h4-9,11,14,17H,3,10H2,1-2H3,(H,23,24,26,27)/t11-,14+,17+,19-/m0/s1. The van der Waals surface area contributed by atoms with Crippen LogP contribution in [-0.2, 0) is 4.74 Å². The average Bonchev–Trinajstić information content (AvgIpc) is 2.96. The van der Waals surface area contributed by atoms with E-state index in [-0.39, 0.29) is 12.0 Å². The minimum Gasteiger partial charge on any atom is -0.345 e. The van der Waals surface area contributed by atoms with Crippen LogP contribution in [0.1, 0.15) is 36.9 Å². The van der Waals surface area contributed by atoms with E-state index in [0.29, 0.717) is 10.8 Å². The van der Waals surface area contributed by atoms with Crippen LogP contribution in [-0.4, -0.2) is 33.9 Å². The van der Waals surface area contributed by atoms with Crippen LogP contribution in [0.4, 0.5) is 19.0 Å². The van der Waals surface area contributed by atoms with Crippen molar-refractivity contribution in [1.82, 2.24) is 9.55 Å². The fourth-order valence-electron chi connectivity index (χ4n) is 3.30. The van der Waals surface area contributed by atoms with Crippen LogP contribution in [0.3, 0.4) is 0 Å². The van der Waals surface area contributed by atoms with Crippen LogP contribution in [0.15, 0.2) is 41.3 Å². The second-order valence-electron chi connectivity index (χ2n) is 6.74. The second kappa shape index (κ2) is 7.75. The molecular formula is C19H20F3N3O3. The highest BCUT2D eigenvalue weighted by Crippen LogP contribution is 2.45. The maximum absolute atomic E-state index is 14.7. The first-order valence-corrected chi connectivity index (χ1v) is 8.86. The van der Waals surface area contributed by atoms with Gasteiger partial charge in [0, 0.05) is 11.5 Å². The molecular weight excluding hydrogens is 375 g/mol. The number of ether oxygens (including phenoxy) is 1. The molecule has 0 saturated carbocycles. The van der Waals surface area contributed by atoms with Gasteiger partial charge in [-0.1, -0.05) is 32.0 Å². The summed E-state index contributed by atoms with van der Waals surface area (Å²) in [6.45, 7) is 2.20. The molecule has 0 unspecified atom stereocenters. The number of aromatic nitrogens is 2. The fourth-order valence-corrected chi connectivity index (χ4v) is 3.30. The first-order chi connectivity index (χ1) is 13.3. The van der Waals surface area contributed by atoms with Crippen molar-refractivity contribution in [3.05, 3.63) is 58.4 Å². The summed E-state index contributed by atoms with van der Waals surface area (Å²) < 4.78 is 48.8. The molecule has 150 valence electrons. The molecule has 6 nitrogen and oxygen atoms in total. The summed E-state index contributed by atoms with van der Waals surface area (Å²) in [7, 11) is 0. The van der Waals surface area contributed by atoms with Crippen molar-refractivity contribution < 1.29 is 22.7 Å². The lowest BCUT2D eigenvalue weighted by Crippen LogP contribution is -2.37. The number of nitrogens with zero attached hydrogens (tertiary/aromatic N) is 2. The molecule has 1 aliphatic heterocycles. The van der Waals surface area contributed by atoms with Crippen molar-refractivity contribution in [3.8, 4) is 0 Å². The van der Waals surface area contributed by atoms with Gasteiger partial charge in [-0.3, -0.25) is 9.36 Å². The van der Waals surface area contributed by atoms with Gasteiger partial charge in [-0.25, -0.2) is 18.0 Å². The lowest BCUT2D eigenvalue weighted by atomic mass is 9.86. The van der Waals surface area contributed by atoms with Gasteiger partial charge in [0.1, 0.15) is 12.3 Å². The Balaban J connectivity index is 1.89. The summed E-state index contributed by atoms with van der Waals surface area (Å²) in [5.41, 5.74) is -2.16. The van der Waals surface area contributed by atoms with Crippen molar-refractivity contribution in [3.63, 3.8) is 0 Å². The van der Waals surface area contributed by atoms with Crippen molar-refractivity contribution in [2.45, 2.75) is 38.3 Å². The Labute approximate surface area is 159 Å². The van der Waals surface area contributed by atoms with Gasteiger partial charge in [-0.05, 0) is 18.6 Å². The van der Waals surface area contributed by atoms with E-state index in [0.717, 1.165) is 0 Å². The maximum Gasteiger partial charge on any atom is 0.351 e. The van der Waals surface area contributed by atoms with Crippen LogP contribution in [0.25, 0.3) is 0 Å². The van der Waals surface area contributed by atoms with E-state index in [4.69, 9.17) is 4.74 Å². The molecule has 28 heavy (non-hydrogen) atoms. The zero-order valence-electron chi connectivity index (χ0n) is 15.4. The van der Waals surface area contributed by atoms with Crippen LogP contribution >= 0.6 is 0 Å². The maximum atomic E-state index is 14.7. The van der Waals surface area contributed by atoms with Crippen LogP contribution in [0, 0.1) is 11.7 Å². The molecule has 1 aliphatic rings. The predicted molar refractivity (Wildman–Crippen MR) is 96.0 cm³/mol. The molecule has 2 heterocycles. The number of amides is 1. The molecule has 1 fully saturated rings. The molecule has 1 N–H and O–H groups in total. The van der Waals surface area contributed by atoms with Gasteiger partial charge in [-0.2, -0.15) is 4.98 Å². The highest BCUT2D eigenvalue weighted by molar-refractivity contribution is 6.03. The normalized spacial score (nSPS) is 27.0. The second-order valence-corrected chi connectivity index (χ2v) is 6.74. The molecule has 4 atom stereocenters. The predicted octanol–water partition coefficient (Wildman–Crippen LogP) is 3.26. The van der Waals surface area contributed by atoms with E-state index >= 15 is 0 Å². The van der Waals surface area contributed by atoms with E-state index in [1.807, 2.05) is 0 Å². The molecule has 0 bridgehead atoms. The lowest BCUT2D eigenvalue weighted by Gasteiger charge is -2.28. The Kier molecular flexibility index (Phi) is 5.55. The zero-order chi connectivity index (χ0) is 20.5. The number of rotatable bonds is 5. The van der Waals surface area contributed by atoms with Gasteiger partial charge in [0.15, 0.2) is 24.0 Å². The number of hydrogen-bond donors (Lipinski definition) is 1. The van der Waals surface area contributed by atoms with Crippen molar-refractivity contribution in [2.24, 2.45) is 5.92 Å². The number of nitrogens with one attached hydrogen (secondary N) is 1. The van der Waals surface area contributed by atoms with Crippen molar-refractivity contribution in [1.29, 1.82) is 0 Å². The van der Waals surface area contributed by atoms with E-state index in [1.165, 1.54) is 19.1 Å². The smallest absolute Gasteiger partial charge is 0.345 e. The summed E-state index contributed by atoms with van der Waals surface area (Å²) in [6.07, 6.45) is -2.32. The van der Waals surface area contributed by atoms with Crippen LogP contribution in [0.5, 0.6) is 0 Å². The molecule has 0 spiro atoms. The molecule has 9 heteroatoms. The molecule has 1 aromatic carbocycles. The molecule has 1 saturated heterocycles. The number of benzene rings is 1. The van der Waals surface area contributed by atoms with E-state index in [9.17, 15) is 22.8 Å². The Morgan fingerprint density at radius 1 is 1.36 bits per heavy atom. The molecule has 0 aliphatic carbocycles. The van der Waals surface area contributed by atoms with Crippen molar-refractivity contribution in [2.75, 3.05) is 12.0 Å². The molecule has 2 aromatic rings. The van der Waals surface area contributed by atoms with Gasteiger partial charge in [0.25, 0.3) is 5.91 Å². The highest BCUT2D eigenvalue weighted by atomic mass is 19.1. The number of carbonyl (C=O) groups excluding carboxylic acids is 1. The summed E-state index contributed by atoms with van der Waals surface area (Å²) in [5.74, 6) is -3.11. The molecule has 1 aromatic heterocycles.